The van der Waals surface area contributed by atoms with Crippen LogP contribution < -0.4 is 0 Å². The van der Waals surface area contributed by atoms with E-state index in [-0.39, 0.29) is 5.41 Å². The van der Waals surface area contributed by atoms with Crippen molar-refractivity contribution in [1.29, 1.82) is 0 Å². The molecule has 11 aromatic rings. The number of hydrogen-bond acceptors (Lipinski definition) is 4. The van der Waals surface area contributed by atoms with Gasteiger partial charge in [-0.15, -0.1) is 22.7 Å². The van der Waals surface area contributed by atoms with Gasteiger partial charge in [0.05, 0.1) is 26.9 Å². The Kier molecular flexibility index (Phi) is 5.61. The average molecular weight is 700 g/mol. The molecule has 12 rings (SSSR count). The normalized spacial score (nSPS) is 13.7. The Morgan fingerprint density at radius 3 is 2.04 bits per heavy atom. The van der Waals surface area contributed by atoms with Crippen molar-refractivity contribution in [2.45, 2.75) is 19.3 Å². The van der Waals surface area contributed by atoms with Crippen LogP contribution in [0.5, 0.6) is 0 Å². The second-order valence-electron chi connectivity index (χ2n) is 14.6. The van der Waals surface area contributed by atoms with Crippen LogP contribution in [0.2, 0.25) is 0 Å². The molecule has 0 radical (unpaired) electrons. The summed E-state index contributed by atoms with van der Waals surface area (Å²) in [5.41, 5.74) is 10.6. The van der Waals surface area contributed by atoms with E-state index in [0.717, 1.165) is 37.9 Å². The molecule has 52 heavy (non-hydrogen) atoms. The first kappa shape index (κ1) is 28.8. The zero-order chi connectivity index (χ0) is 34.3. The molecule has 0 amide bonds. The zero-order valence-electron chi connectivity index (χ0n) is 28.4. The van der Waals surface area contributed by atoms with E-state index in [1.165, 1.54) is 68.7 Å². The van der Waals surface area contributed by atoms with Crippen LogP contribution in [0, 0.1) is 0 Å². The molecule has 5 heteroatoms. The summed E-state index contributed by atoms with van der Waals surface area (Å²) in [4.78, 5) is 11.1. The smallest absolute Gasteiger partial charge is 0.235 e. The molecule has 0 N–H and O–H groups in total. The van der Waals surface area contributed by atoms with Crippen molar-refractivity contribution in [3.63, 3.8) is 0 Å². The van der Waals surface area contributed by atoms with Gasteiger partial charge in [-0.25, -0.2) is 9.97 Å². The molecular formula is C47H29N3S2. The van der Waals surface area contributed by atoms with Crippen LogP contribution in [-0.2, 0) is 5.41 Å². The van der Waals surface area contributed by atoms with Gasteiger partial charge in [0.2, 0.25) is 5.95 Å². The topological polar surface area (TPSA) is 30.7 Å². The number of fused-ring (bicyclic) bond motifs is 13. The zero-order valence-corrected chi connectivity index (χ0v) is 30.1. The van der Waals surface area contributed by atoms with Gasteiger partial charge in [-0.1, -0.05) is 105 Å². The molecule has 1 aliphatic carbocycles. The maximum Gasteiger partial charge on any atom is 0.235 e. The van der Waals surface area contributed by atoms with E-state index in [1.54, 1.807) is 11.3 Å². The van der Waals surface area contributed by atoms with Gasteiger partial charge in [0.1, 0.15) is 0 Å². The molecule has 244 valence electrons. The van der Waals surface area contributed by atoms with E-state index < -0.39 is 0 Å². The predicted molar refractivity (Wildman–Crippen MR) is 223 cm³/mol. The van der Waals surface area contributed by atoms with Crippen molar-refractivity contribution in [2.75, 3.05) is 0 Å². The standard InChI is InChI=1S/C47H29N3S2/c1-47(2)36-16-8-5-13-29(36)32-24-34-33-21-26-11-3-4-12-27(26)23-38(33)50(39(34)25-37(32)47)46-48-43(45-44(49-46)31-15-7-10-18-41(31)52-45)28-19-20-42-35(22-28)30-14-6-9-17-40(30)51-42/h3-25H,1-2H3. The van der Waals surface area contributed by atoms with Crippen molar-refractivity contribution < 1.29 is 0 Å². The summed E-state index contributed by atoms with van der Waals surface area (Å²) in [6.07, 6.45) is 0. The third-order valence-electron chi connectivity index (χ3n) is 11.4. The Bertz CT molecular complexity index is 3340. The number of rotatable bonds is 2. The second kappa shape index (κ2) is 10.1. The molecule has 3 nitrogen and oxygen atoms in total. The maximum absolute atomic E-state index is 5.60. The molecule has 7 aromatic carbocycles. The van der Waals surface area contributed by atoms with Gasteiger partial charge in [-0.3, -0.25) is 4.57 Å². The third-order valence-corrected chi connectivity index (χ3v) is 13.7. The highest BCUT2D eigenvalue weighted by atomic mass is 32.1. The fourth-order valence-electron chi connectivity index (χ4n) is 8.86. The fraction of sp³-hybridized carbons (Fsp3) is 0.0638. The third kappa shape index (κ3) is 3.79. The van der Waals surface area contributed by atoms with Crippen LogP contribution >= 0.6 is 22.7 Å². The molecule has 4 heterocycles. The molecule has 0 unspecified atom stereocenters. The van der Waals surface area contributed by atoms with Crippen molar-refractivity contribution in [3.05, 3.63) is 151 Å². The van der Waals surface area contributed by atoms with Crippen molar-refractivity contribution in [1.82, 2.24) is 14.5 Å². The summed E-state index contributed by atoms with van der Waals surface area (Å²) < 4.78 is 7.27. The largest absolute Gasteiger partial charge is 0.278 e. The lowest BCUT2D eigenvalue weighted by molar-refractivity contribution is 0.661. The van der Waals surface area contributed by atoms with Gasteiger partial charge >= 0.3 is 0 Å². The predicted octanol–water partition coefficient (Wildman–Crippen LogP) is 13.4. The fourth-order valence-corrected chi connectivity index (χ4v) is 11.1. The van der Waals surface area contributed by atoms with E-state index in [0.29, 0.717) is 5.95 Å². The minimum absolute atomic E-state index is 0.135. The highest BCUT2D eigenvalue weighted by molar-refractivity contribution is 7.26. The van der Waals surface area contributed by atoms with Crippen molar-refractivity contribution in [3.8, 4) is 28.3 Å². The van der Waals surface area contributed by atoms with E-state index in [2.05, 4.69) is 158 Å². The van der Waals surface area contributed by atoms with Gasteiger partial charge in [0, 0.05) is 52.0 Å². The Balaban J connectivity index is 1.22. The second-order valence-corrected chi connectivity index (χ2v) is 16.7. The molecule has 0 fully saturated rings. The molecule has 0 saturated heterocycles. The lowest BCUT2D eigenvalue weighted by Crippen LogP contribution is -2.15. The Hall–Kier alpha value is -5.88. The summed E-state index contributed by atoms with van der Waals surface area (Å²) in [6, 6.07) is 51.3. The quantitative estimate of drug-likeness (QED) is 0.180. The number of hydrogen-bond donors (Lipinski definition) is 0. The van der Waals surface area contributed by atoms with Crippen LogP contribution in [0.25, 0.3) is 101 Å². The number of thiophene rings is 2. The molecule has 1 aliphatic rings. The lowest BCUT2D eigenvalue weighted by atomic mass is 9.82. The van der Waals surface area contributed by atoms with Gasteiger partial charge in [-0.05, 0) is 81.6 Å². The summed E-state index contributed by atoms with van der Waals surface area (Å²) >= 11 is 3.64. The monoisotopic (exact) mass is 699 g/mol. The summed E-state index contributed by atoms with van der Waals surface area (Å²) in [5, 5.41) is 8.59. The van der Waals surface area contributed by atoms with Crippen LogP contribution in [-0.4, -0.2) is 14.5 Å². The van der Waals surface area contributed by atoms with Crippen molar-refractivity contribution in [2.24, 2.45) is 0 Å². The molecule has 0 spiro atoms. The number of aromatic nitrogens is 3. The van der Waals surface area contributed by atoms with E-state index in [9.17, 15) is 0 Å². The Labute approximate surface area is 307 Å². The number of nitrogens with zero attached hydrogens (tertiary/aromatic N) is 3. The summed E-state index contributed by atoms with van der Waals surface area (Å²) in [6.45, 7) is 4.71. The van der Waals surface area contributed by atoms with Gasteiger partial charge in [0.15, 0.2) is 0 Å². The maximum atomic E-state index is 5.60. The van der Waals surface area contributed by atoms with E-state index in [4.69, 9.17) is 9.97 Å². The number of benzene rings is 7. The lowest BCUT2D eigenvalue weighted by Gasteiger charge is -2.21. The van der Waals surface area contributed by atoms with E-state index >= 15 is 0 Å². The first-order valence-electron chi connectivity index (χ1n) is 17.7. The van der Waals surface area contributed by atoms with Gasteiger partial charge in [0.25, 0.3) is 0 Å². The molecular weight excluding hydrogens is 671 g/mol. The molecule has 0 saturated carbocycles. The van der Waals surface area contributed by atoms with Gasteiger partial charge < -0.3 is 0 Å². The highest BCUT2D eigenvalue weighted by Gasteiger charge is 2.36. The molecule has 4 aromatic heterocycles. The highest BCUT2D eigenvalue weighted by Crippen LogP contribution is 2.51. The summed E-state index contributed by atoms with van der Waals surface area (Å²) in [7, 11) is 0. The molecule has 0 bridgehead atoms. The van der Waals surface area contributed by atoms with Crippen LogP contribution in [0.4, 0.5) is 0 Å². The van der Waals surface area contributed by atoms with Crippen LogP contribution in [0.15, 0.2) is 140 Å². The Morgan fingerprint density at radius 2 is 1.17 bits per heavy atom. The van der Waals surface area contributed by atoms with Crippen LogP contribution in [0.1, 0.15) is 25.0 Å². The first-order chi connectivity index (χ1) is 25.5. The average Bonchev–Trinajstić information content (AvgIpc) is 3.89. The Morgan fingerprint density at radius 1 is 0.500 bits per heavy atom. The minimum atomic E-state index is -0.135. The van der Waals surface area contributed by atoms with Crippen LogP contribution in [0.3, 0.4) is 0 Å². The molecule has 0 aliphatic heterocycles. The first-order valence-corrected chi connectivity index (χ1v) is 19.4. The minimum Gasteiger partial charge on any atom is -0.278 e. The summed E-state index contributed by atoms with van der Waals surface area (Å²) in [5.74, 6) is 0.699. The van der Waals surface area contributed by atoms with Gasteiger partial charge in [-0.2, -0.15) is 0 Å². The SMILES string of the molecule is CC1(C)c2ccccc2-c2cc3c4cc5ccccc5cc4n(-c4nc(-c5ccc6sc7ccccc7c6c5)c5sc6ccccc6c5n4)c3cc21. The van der Waals surface area contributed by atoms with E-state index in [1.807, 2.05) is 11.3 Å². The van der Waals surface area contributed by atoms with Crippen molar-refractivity contribution >= 4 is 95.7 Å². The molecule has 0 atom stereocenters.